The molecule has 1 fully saturated rings. The average Bonchev–Trinajstić information content (AvgIpc) is 3.44. The SMILES string of the molecule is CC(=O)O[C@H]1Cc2ccccc2[C@@H]1NC(=O)[C@H](Cc1ccc(OCCN2CCOCC2)cc1)C[C@H](O)[C@H](Cc1ccccc1)NC(=O)OC(C)(C)C. The van der Waals surface area contributed by atoms with E-state index in [9.17, 15) is 19.5 Å². The van der Waals surface area contributed by atoms with Gasteiger partial charge in [0.15, 0.2) is 0 Å². The van der Waals surface area contributed by atoms with Crippen LogP contribution >= 0.6 is 0 Å². The molecule has 0 aromatic heterocycles. The summed E-state index contributed by atoms with van der Waals surface area (Å²) in [5.74, 6) is -0.686. The topological polar surface area (TPSA) is 136 Å². The van der Waals surface area contributed by atoms with Gasteiger partial charge in [-0.25, -0.2) is 4.79 Å². The van der Waals surface area contributed by atoms with Gasteiger partial charge in [-0.3, -0.25) is 14.5 Å². The van der Waals surface area contributed by atoms with E-state index in [1.165, 1.54) is 6.92 Å². The van der Waals surface area contributed by atoms with Crippen LogP contribution in [0.25, 0.3) is 0 Å². The van der Waals surface area contributed by atoms with Crippen LogP contribution in [0.2, 0.25) is 0 Å². The normalized spacial score (nSPS) is 19.1. The number of fused-ring (bicyclic) bond motifs is 1. The van der Waals surface area contributed by atoms with Crippen molar-refractivity contribution in [1.29, 1.82) is 0 Å². The highest BCUT2D eigenvalue weighted by Gasteiger charge is 2.38. The fourth-order valence-electron chi connectivity index (χ4n) is 6.80. The van der Waals surface area contributed by atoms with E-state index in [1.54, 1.807) is 20.8 Å². The van der Waals surface area contributed by atoms with Gasteiger partial charge >= 0.3 is 12.1 Å². The predicted molar refractivity (Wildman–Crippen MR) is 197 cm³/mol. The Morgan fingerprint density at radius 1 is 0.923 bits per heavy atom. The second-order valence-electron chi connectivity index (χ2n) is 14.6. The van der Waals surface area contributed by atoms with Gasteiger partial charge < -0.3 is 34.7 Å². The molecule has 0 unspecified atom stereocenters. The number of hydrogen-bond donors (Lipinski definition) is 3. The van der Waals surface area contributed by atoms with Gasteiger partial charge in [0.05, 0.1) is 31.4 Å². The largest absolute Gasteiger partial charge is 0.492 e. The summed E-state index contributed by atoms with van der Waals surface area (Å²) in [6.45, 7) is 11.3. The summed E-state index contributed by atoms with van der Waals surface area (Å²) < 4.78 is 22.6. The molecule has 3 aromatic carbocycles. The molecule has 1 aliphatic heterocycles. The molecule has 52 heavy (non-hydrogen) atoms. The van der Waals surface area contributed by atoms with Crippen molar-refractivity contribution in [2.24, 2.45) is 5.92 Å². The number of carbonyl (C=O) groups is 3. The van der Waals surface area contributed by atoms with Crippen LogP contribution in [0, 0.1) is 5.92 Å². The number of morpholine rings is 1. The highest BCUT2D eigenvalue weighted by Crippen LogP contribution is 2.34. The molecule has 3 aromatic rings. The number of amides is 2. The number of carbonyl (C=O) groups excluding carboxylic acids is 3. The number of esters is 1. The lowest BCUT2D eigenvalue weighted by atomic mass is 9.88. The van der Waals surface area contributed by atoms with Crippen molar-refractivity contribution >= 4 is 18.0 Å². The lowest BCUT2D eigenvalue weighted by Crippen LogP contribution is -2.48. The van der Waals surface area contributed by atoms with Crippen molar-refractivity contribution in [3.63, 3.8) is 0 Å². The molecule has 11 nitrogen and oxygen atoms in total. The van der Waals surface area contributed by atoms with E-state index in [4.69, 9.17) is 18.9 Å². The highest BCUT2D eigenvalue weighted by molar-refractivity contribution is 5.80. The molecule has 0 saturated carbocycles. The molecule has 11 heteroatoms. The van der Waals surface area contributed by atoms with Gasteiger partial charge in [-0.2, -0.15) is 0 Å². The summed E-state index contributed by atoms with van der Waals surface area (Å²) in [6, 6.07) is 23.7. The Balaban J connectivity index is 1.34. The molecule has 5 atom stereocenters. The van der Waals surface area contributed by atoms with Crippen LogP contribution in [0.15, 0.2) is 78.9 Å². The molecular formula is C41H53N3O8. The molecule has 2 amide bonds. The highest BCUT2D eigenvalue weighted by atomic mass is 16.6. The Morgan fingerprint density at radius 2 is 1.60 bits per heavy atom. The zero-order chi connectivity index (χ0) is 37.1. The number of nitrogens with one attached hydrogen (secondary N) is 2. The van der Waals surface area contributed by atoms with Crippen LogP contribution in [-0.2, 0) is 43.1 Å². The smallest absolute Gasteiger partial charge is 0.407 e. The summed E-state index contributed by atoms with van der Waals surface area (Å²) in [6.07, 6.45) is -1.14. The first-order chi connectivity index (χ1) is 24.9. The van der Waals surface area contributed by atoms with Crippen LogP contribution in [0.4, 0.5) is 4.79 Å². The molecule has 0 bridgehead atoms. The maximum atomic E-state index is 14.3. The lowest BCUT2D eigenvalue weighted by molar-refractivity contribution is -0.148. The first kappa shape index (κ1) is 38.8. The number of hydrogen-bond acceptors (Lipinski definition) is 9. The first-order valence-electron chi connectivity index (χ1n) is 18.2. The average molecular weight is 716 g/mol. The Kier molecular flexibility index (Phi) is 13.7. The minimum atomic E-state index is -1.11. The molecule has 0 radical (unpaired) electrons. The minimum absolute atomic E-state index is 0.0452. The fourth-order valence-corrected chi connectivity index (χ4v) is 6.80. The number of ether oxygens (including phenoxy) is 4. The van der Waals surface area contributed by atoms with Gasteiger partial charge in [0.25, 0.3) is 0 Å². The third-order valence-electron chi connectivity index (χ3n) is 9.35. The molecule has 2 aliphatic rings. The molecule has 5 rings (SSSR count). The predicted octanol–water partition coefficient (Wildman–Crippen LogP) is 4.79. The molecule has 1 heterocycles. The molecule has 280 valence electrons. The van der Waals surface area contributed by atoms with Crippen LogP contribution in [-0.4, -0.2) is 91.3 Å². The van der Waals surface area contributed by atoms with Crippen LogP contribution in [0.1, 0.15) is 62.4 Å². The Hall–Kier alpha value is -4.45. The summed E-state index contributed by atoms with van der Waals surface area (Å²) in [4.78, 5) is 41.6. The number of rotatable bonds is 15. The van der Waals surface area contributed by atoms with Crippen LogP contribution in [0.3, 0.4) is 0 Å². The second-order valence-corrected chi connectivity index (χ2v) is 14.6. The van der Waals surface area contributed by atoms with E-state index in [-0.39, 0.29) is 12.3 Å². The van der Waals surface area contributed by atoms with E-state index in [1.807, 2.05) is 78.9 Å². The minimum Gasteiger partial charge on any atom is -0.492 e. The second kappa shape index (κ2) is 18.3. The third kappa shape index (κ3) is 11.8. The zero-order valence-electron chi connectivity index (χ0n) is 30.7. The summed E-state index contributed by atoms with van der Waals surface area (Å²) in [5.41, 5.74) is 2.97. The third-order valence-corrected chi connectivity index (χ3v) is 9.35. The van der Waals surface area contributed by atoms with Crippen LogP contribution in [0.5, 0.6) is 5.75 Å². The summed E-state index contributed by atoms with van der Waals surface area (Å²) in [7, 11) is 0. The molecule has 3 N–H and O–H groups in total. The molecule has 1 saturated heterocycles. The van der Waals surface area contributed by atoms with Crippen molar-refractivity contribution < 1.29 is 38.4 Å². The van der Waals surface area contributed by atoms with E-state index in [0.717, 1.165) is 60.9 Å². The molecule has 1 aliphatic carbocycles. The first-order valence-corrected chi connectivity index (χ1v) is 18.2. The zero-order valence-corrected chi connectivity index (χ0v) is 30.7. The van der Waals surface area contributed by atoms with Gasteiger partial charge in [0.2, 0.25) is 5.91 Å². The number of alkyl carbamates (subject to hydrolysis) is 1. The van der Waals surface area contributed by atoms with Crippen molar-refractivity contribution in [2.75, 3.05) is 39.5 Å². The van der Waals surface area contributed by atoms with Gasteiger partial charge in [0.1, 0.15) is 24.1 Å². The number of aliphatic hydroxyl groups is 1. The number of benzene rings is 3. The number of nitrogens with zero attached hydrogens (tertiary/aromatic N) is 1. The van der Waals surface area contributed by atoms with E-state index in [2.05, 4.69) is 15.5 Å². The Bertz CT molecular complexity index is 1600. The summed E-state index contributed by atoms with van der Waals surface area (Å²) in [5, 5.41) is 17.8. The Labute approximate surface area is 307 Å². The van der Waals surface area contributed by atoms with E-state index < -0.39 is 47.9 Å². The van der Waals surface area contributed by atoms with E-state index >= 15 is 0 Å². The van der Waals surface area contributed by atoms with Crippen molar-refractivity contribution in [3.8, 4) is 5.75 Å². The lowest BCUT2D eigenvalue weighted by Gasteiger charge is -2.30. The molecular weight excluding hydrogens is 662 g/mol. The van der Waals surface area contributed by atoms with Gasteiger partial charge in [-0.15, -0.1) is 0 Å². The fraction of sp³-hybridized carbons (Fsp3) is 0.488. The van der Waals surface area contributed by atoms with E-state index in [0.29, 0.717) is 25.9 Å². The quantitative estimate of drug-likeness (QED) is 0.190. The van der Waals surface area contributed by atoms with Crippen molar-refractivity contribution in [2.45, 2.75) is 83.3 Å². The standard InChI is InChI=1S/C41H53N3O8/c1-28(45)51-37-27-31-12-8-9-13-34(31)38(37)43-39(47)32(24-30-14-16-33(17-15-30)50-23-20-44-18-21-49-22-19-44)26-36(46)35(25-29-10-6-5-7-11-29)42-40(48)52-41(2,3)4/h5-17,32,35-38,46H,18-27H2,1-4H3,(H,42,48)(H,43,47)/t32-,35+,36+,37+,38+/m1/s1. The van der Waals surface area contributed by atoms with Gasteiger partial charge in [-0.05, 0) is 74.4 Å². The van der Waals surface area contributed by atoms with Gasteiger partial charge in [-0.1, -0.05) is 66.7 Å². The maximum absolute atomic E-state index is 14.3. The van der Waals surface area contributed by atoms with Crippen LogP contribution < -0.4 is 15.4 Å². The van der Waals surface area contributed by atoms with Gasteiger partial charge in [0, 0.05) is 38.9 Å². The Morgan fingerprint density at radius 3 is 2.29 bits per heavy atom. The maximum Gasteiger partial charge on any atom is 0.407 e. The van der Waals surface area contributed by atoms with Crippen molar-refractivity contribution in [1.82, 2.24) is 15.5 Å². The number of aliphatic hydroxyl groups excluding tert-OH is 1. The monoisotopic (exact) mass is 715 g/mol. The molecule has 0 spiro atoms. The van der Waals surface area contributed by atoms with Crippen molar-refractivity contribution in [3.05, 3.63) is 101 Å². The summed E-state index contributed by atoms with van der Waals surface area (Å²) >= 11 is 0.